The molecule has 72 valence electrons. The Morgan fingerprint density at radius 1 is 1.23 bits per heavy atom. The zero-order valence-electron chi connectivity index (χ0n) is 8.39. The van der Waals surface area contributed by atoms with Crippen LogP contribution in [-0.2, 0) is 0 Å². The molecule has 1 aromatic rings. The molecule has 0 amide bonds. The maximum absolute atomic E-state index is 6.24. The van der Waals surface area contributed by atoms with Crippen molar-refractivity contribution < 1.29 is 0 Å². The Kier molecular flexibility index (Phi) is 4.31. The van der Waals surface area contributed by atoms with Crippen molar-refractivity contribution in [1.82, 2.24) is 0 Å². The van der Waals surface area contributed by atoms with Crippen molar-refractivity contribution in [3.05, 3.63) is 35.4 Å². The van der Waals surface area contributed by atoms with Gasteiger partial charge in [-0.2, -0.15) is 0 Å². The van der Waals surface area contributed by atoms with Gasteiger partial charge in [0.25, 0.3) is 0 Å². The van der Waals surface area contributed by atoms with Gasteiger partial charge in [-0.15, -0.1) is 11.6 Å². The molecule has 1 unspecified atom stereocenters. The Bertz CT molecular complexity index is 238. The third-order valence-electron chi connectivity index (χ3n) is 2.25. The maximum atomic E-state index is 6.24. The Hall–Kier alpha value is -0.490. The summed E-state index contributed by atoms with van der Waals surface area (Å²) in [6, 6.07) is 8.50. The summed E-state index contributed by atoms with van der Waals surface area (Å²) in [5.41, 5.74) is 2.55. The Balaban J connectivity index is 2.55. The normalized spacial score (nSPS) is 12.8. The van der Waals surface area contributed by atoms with Crippen molar-refractivity contribution in [2.75, 3.05) is 0 Å². The smallest absolute Gasteiger partial charge is 0.0585 e. The summed E-state index contributed by atoms with van der Waals surface area (Å²) in [5, 5.41) is 0.195. The molecule has 1 aromatic carbocycles. The minimum absolute atomic E-state index is 0.195. The van der Waals surface area contributed by atoms with Gasteiger partial charge in [0.15, 0.2) is 0 Å². The Labute approximate surface area is 85.9 Å². The fraction of sp³-hybridized carbons (Fsp3) is 0.500. The highest BCUT2D eigenvalue weighted by molar-refractivity contribution is 6.20. The van der Waals surface area contributed by atoms with Crippen molar-refractivity contribution in [3.8, 4) is 0 Å². The molecule has 0 N–H and O–H groups in total. The second-order valence-corrected chi connectivity index (χ2v) is 4.05. The molecule has 1 rings (SSSR count). The SMILES string of the molecule is CCCCC(Cl)c1ccc(C)cc1. The van der Waals surface area contributed by atoms with Crippen LogP contribution in [0.3, 0.4) is 0 Å². The van der Waals surface area contributed by atoms with Crippen molar-refractivity contribution in [1.29, 1.82) is 0 Å². The van der Waals surface area contributed by atoms with Crippen LogP contribution in [0.5, 0.6) is 0 Å². The molecule has 0 spiro atoms. The van der Waals surface area contributed by atoms with E-state index in [9.17, 15) is 0 Å². The van der Waals surface area contributed by atoms with Crippen LogP contribution in [0.2, 0.25) is 0 Å². The van der Waals surface area contributed by atoms with Gasteiger partial charge in [0.05, 0.1) is 5.38 Å². The minimum Gasteiger partial charge on any atom is -0.118 e. The highest BCUT2D eigenvalue weighted by Gasteiger charge is 2.05. The molecular formula is C12H17Cl. The Morgan fingerprint density at radius 2 is 1.85 bits per heavy atom. The van der Waals surface area contributed by atoms with Crippen molar-refractivity contribution in [3.63, 3.8) is 0 Å². The lowest BCUT2D eigenvalue weighted by molar-refractivity contribution is 0.701. The van der Waals surface area contributed by atoms with Crippen LogP contribution in [0.25, 0.3) is 0 Å². The molecule has 13 heavy (non-hydrogen) atoms. The van der Waals surface area contributed by atoms with Gasteiger partial charge in [-0.1, -0.05) is 49.6 Å². The first-order chi connectivity index (χ1) is 6.24. The number of hydrogen-bond donors (Lipinski definition) is 0. The number of alkyl halides is 1. The number of unbranched alkanes of at least 4 members (excludes halogenated alkanes) is 1. The quantitative estimate of drug-likeness (QED) is 0.624. The van der Waals surface area contributed by atoms with E-state index in [-0.39, 0.29) is 5.38 Å². The summed E-state index contributed by atoms with van der Waals surface area (Å²) in [6.45, 7) is 4.29. The van der Waals surface area contributed by atoms with Gasteiger partial charge in [-0.25, -0.2) is 0 Å². The van der Waals surface area contributed by atoms with E-state index < -0.39 is 0 Å². The fourth-order valence-corrected chi connectivity index (χ4v) is 1.63. The summed E-state index contributed by atoms with van der Waals surface area (Å²) in [4.78, 5) is 0. The monoisotopic (exact) mass is 196 g/mol. The van der Waals surface area contributed by atoms with Crippen LogP contribution < -0.4 is 0 Å². The standard InChI is InChI=1S/C12H17Cl/c1-3-4-5-12(13)11-8-6-10(2)7-9-11/h6-9,12H,3-5H2,1-2H3. The first-order valence-electron chi connectivity index (χ1n) is 4.94. The number of aryl methyl sites for hydroxylation is 1. The second kappa shape index (κ2) is 5.29. The molecule has 0 aliphatic carbocycles. The van der Waals surface area contributed by atoms with Gasteiger partial charge >= 0.3 is 0 Å². The summed E-state index contributed by atoms with van der Waals surface area (Å²) < 4.78 is 0. The molecule has 0 saturated carbocycles. The molecule has 0 saturated heterocycles. The van der Waals surface area contributed by atoms with E-state index in [0.29, 0.717) is 0 Å². The van der Waals surface area contributed by atoms with Crippen LogP contribution in [0.4, 0.5) is 0 Å². The van der Waals surface area contributed by atoms with Crippen molar-refractivity contribution in [2.24, 2.45) is 0 Å². The van der Waals surface area contributed by atoms with Crippen LogP contribution in [-0.4, -0.2) is 0 Å². The zero-order chi connectivity index (χ0) is 9.68. The molecule has 1 atom stereocenters. The molecule has 1 heteroatoms. The van der Waals surface area contributed by atoms with Gasteiger partial charge in [-0.05, 0) is 18.9 Å². The molecular weight excluding hydrogens is 180 g/mol. The zero-order valence-corrected chi connectivity index (χ0v) is 9.14. The number of halogens is 1. The lowest BCUT2D eigenvalue weighted by Gasteiger charge is -2.08. The van der Waals surface area contributed by atoms with Crippen molar-refractivity contribution in [2.45, 2.75) is 38.5 Å². The number of rotatable bonds is 4. The molecule has 0 aromatic heterocycles. The highest BCUT2D eigenvalue weighted by atomic mass is 35.5. The van der Waals surface area contributed by atoms with E-state index >= 15 is 0 Å². The summed E-state index contributed by atoms with van der Waals surface area (Å²) >= 11 is 6.24. The first-order valence-corrected chi connectivity index (χ1v) is 5.38. The highest BCUT2D eigenvalue weighted by Crippen LogP contribution is 2.26. The fourth-order valence-electron chi connectivity index (χ4n) is 1.33. The van der Waals surface area contributed by atoms with E-state index in [2.05, 4.69) is 38.1 Å². The van der Waals surface area contributed by atoms with Crippen LogP contribution in [0.15, 0.2) is 24.3 Å². The largest absolute Gasteiger partial charge is 0.118 e. The number of benzene rings is 1. The third kappa shape index (κ3) is 3.40. The van der Waals surface area contributed by atoms with Crippen LogP contribution in [0.1, 0.15) is 42.7 Å². The Morgan fingerprint density at radius 3 is 2.38 bits per heavy atom. The summed E-state index contributed by atoms with van der Waals surface area (Å²) in [6.07, 6.45) is 3.51. The molecule has 0 heterocycles. The van der Waals surface area contributed by atoms with Gasteiger partial charge in [0.1, 0.15) is 0 Å². The van der Waals surface area contributed by atoms with E-state index in [1.807, 2.05) is 0 Å². The third-order valence-corrected chi connectivity index (χ3v) is 2.72. The lowest BCUT2D eigenvalue weighted by atomic mass is 10.1. The van der Waals surface area contributed by atoms with E-state index in [1.54, 1.807) is 0 Å². The second-order valence-electron chi connectivity index (χ2n) is 3.52. The minimum atomic E-state index is 0.195. The van der Waals surface area contributed by atoms with Gasteiger partial charge in [0, 0.05) is 0 Å². The molecule has 0 nitrogen and oxygen atoms in total. The average molecular weight is 197 g/mol. The summed E-state index contributed by atoms with van der Waals surface area (Å²) in [7, 11) is 0. The predicted octanol–water partition coefficient (Wildman–Crippen LogP) is 4.47. The van der Waals surface area contributed by atoms with Crippen LogP contribution in [0, 0.1) is 6.92 Å². The van der Waals surface area contributed by atoms with Gasteiger partial charge < -0.3 is 0 Å². The number of hydrogen-bond acceptors (Lipinski definition) is 0. The van der Waals surface area contributed by atoms with E-state index in [4.69, 9.17) is 11.6 Å². The van der Waals surface area contributed by atoms with Crippen LogP contribution >= 0.6 is 11.6 Å². The van der Waals surface area contributed by atoms with E-state index in [0.717, 1.165) is 6.42 Å². The molecule has 0 bridgehead atoms. The first kappa shape index (κ1) is 10.6. The maximum Gasteiger partial charge on any atom is 0.0585 e. The van der Waals surface area contributed by atoms with Gasteiger partial charge in [-0.3, -0.25) is 0 Å². The average Bonchev–Trinajstić information content (AvgIpc) is 2.15. The van der Waals surface area contributed by atoms with Crippen molar-refractivity contribution >= 4 is 11.6 Å². The van der Waals surface area contributed by atoms with E-state index in [1.165, 1.54) is 24.0 Å². The molecule has 0 fully saturated rings. The van der Waals surface area contributed by atoms with Gasteiger partial charge in [0.2, 0.25) is 0 Å². The molecule has 0 radical (unpaired) electrons. The summed E-state index contributed by atoms with van der Waals surface area (Å²) in [5.74, 6) is 0. The molecule has 0 aliphatic rings. The molecule has 0 aliphatic heterocycles. The lowest BCUT2D eigenvalue weighted by Crippen LogP contribution is -1.90. The topological polar surface area (TPSA) is 0 Å². The predicted molar refractivity (Wildman–Crippen MR) is 59.3 cm³/mol.